The number of carbonyl (C=O) groups is 1. The molecule has 0 heterocycles. The topological polar surface area (TPSA) is 51.1 Å². The molecule has 24 heavy (non-hydrogen) atoms. The second-order valence-electron chi connectivity index (χ2n) is 6.12. The second kappa shape index (κ2) is 10.1. The molecule has 1 rings (SSSR count). The molecule has 0 aliphatic carbocycles. The number of hydrazone groups is 1. The molecule has 0 aromatic heterocycles. The van der Waals surface area contributed by atoms with E-state index in [9.17, 15) is 4.79 Å². The van der Waals surface area contributed by atoms with E-state index in [0.29, 0.717) is 32.0 Å². The molecule has 1 amide bonds. The molecule has 0 saturated heterocycles. The van der Waals surface area contributed by atoms with E-state index in [-0.39, 0.29) is 0 Å². The highest BCUT2D eigenvalue weighted by Crippen LogP contribution is 2.12. The molecule has 5 nitrogen and oxygen atoms in total. The van der Waals surface area contributed by atoms with E-state index in [1.807, 2.05) is 52.0 Å². The van der Waals surface area contributed by atoms with Crippen molar-refractivity contribution in [3.05, 3.63) is 46.7 Å². The third-order valence-corrected chi connectivity index (χ3v) is 3.32. The number of allylic oxidation sites excluding steroid dienone is 1. The van der Waals surface area contributed by atoms with Crippen molar-refractivity contribution >= 4 is 24.2 Å². The Balaban J connectivity index is 2.59. The van der Waals surface area contributed by atoms with E-state index >= 15 is 0 Å². The maximum atomic E-state index is 11.0. The number of halogens is 1. The van der Waals surface area contributed by atoms with Crippen molar-refractivity contribution in [2.45, 2.75) is 46.4 Å². The Bertz CT molecular complexity index is 563. The lowest BCUT2D eigenvalue weighted by molar-refractivity contribution is -0.122. The first-order chi connectivity index (χ1) is 11.4. The fraction of sp³-hybridized carbons (Fsp3) is 0.444. The lowest BCUT2D eigenvalue weighted by Gasteiger charge is -2.26. The van der Waals surface area contributed by atoms with Gasteiger partial charge in [0.2, 0.25) is 6.41 Å². The quantitative estimate of drug-likeness (QED) is 0.291. The third kappa shape index (κ3) is 7.15. The lowest BCUT2D eigenvalue weighted by atomic mass is 10.1. The van der Waals surface area contributed by atoms with Gasteiger partial charge in [-0.2, -0.15) is 5.10 Å². The van der Waals surface area contributed by atoms with E-state index in [4.69, 9.17) is 21.1 Å². The van der Waals surface area contributed by atoms with Crippen LogP contribution in [0.5, 0.6) is 0 Å². The standard InChI is InChI=1S/C18H25ClN2O3/c1-5-23-12-15-6-8-16(9-7-15)13-24-17(10-19)11-20-21(14-22)18(2,3)4/h6-11,14H,5,12-13H2,1-4H3/b17-10-,20-11-. The van der Waals surface area contributed by atoms with Crippen molar-refractivity contribution in [2.24, 2.45) is 5.10 Å². The van der Waals surface area contributed by atoms with Crippen LogP contribution in [0.1, 0.15) is 38.8 Å². The summed E-state index contributed by atoms with van der Waals surface area (Å²) in [5.74, 6) is 0.381. The molecule has 1 aromatic rings. The molecular weight excluding hydrogens is 328 g/mol. The molecular formula is C18H25ClN2O3. The van der Waals surface area contributed by atoms with Gasteiger partial charge in [-0.05, 0) is 38.8 Å². The van der Waals surface area contributed by atoms with Crippen molar-refractivity contribution in [1.82, 2.24) is 5.01 Å². The minimum absolute atomic E-state index is 0.357. The van der Waals surface area contributed by atoms with Crippen LogP contribution < -0.4 is 0 Å². The summed E-state index contributed by atoms with van der Waals surface area (Å²) in [7, 11) is 0. The number of hydrogen-bond acceptors (Lipinski definition) is 4. The number of hydrogen-bond donors (Lipinski definition) is 0. The molecule has 0 N–H and O–H groups in total. The van der Waals surface area contributed by atoms with Gasteiger partial charge in [-0.25, -0.2) is 5.01 Å². The Labute approximate surface area is 148 Å². The molecule has 0 bridgehead atoms. The first-order valence-electron chi connectivity index (χ1n) is 7.78. The highest BCUT2D eigenvalue weighted by molar-refractivity contribution is 6.26. The van der Waals surface area contributed by atoms with Crippen LogP contribution in [-0.2, 0) is 27.5 Å². The van der Waals surface area contributed by atoms with Crippen LogP contribution in [0.3, 0.4) is 0 Å². The van der Waals surface area contributed by atoms with Gasteiger partial charge in [-0.3, -0.25) is 4.79 Å². The monoisotopic (exact) mass is 352 g/mol. The van der Waals surface area contributed by atoms with E-state index in [0.717, 1.165) is 11.1 Å². The van der Waals surface area contributed by atoms with Gasteiger partial charge in [0, 0.05) is 12.1 Å². The van der Waals surface area contributed by atoms with Crippen LogP contribution in [0, 0.1) is 0 Å². The van der Waals surface area contributed by atoms with E-state index in [2.05, 4.69) is 5.10 Å². The second-order valence-corrected chi connectivity index (χ2v) is 6.34. The lowest BCUT2D eigenvalue weighted by Crippen LogP contribution is -2.36. The van der Waals surface area contributed by atoms with Crippen molar-refractivity contribution in [3.63, 3.8) is 0 Å². The third-order valence-electron chi connectivity index (χ3n) is 3.11. The summed E-state index contributed by atoms with van der Waals surface area (Å²) >= 11 is 5.76. The van der Waals surface area contributed by atoms with Gasteiger partial charge < -0.3 is 9.47 Å². The van der Waals surface area contributed by atoms with Crippen LogP contribution in [0.15, 0.2) is 40.7 Å². The molecule has 0 saturated carbocycles. The Kier molecular flexibility index (Phi) is 8.50. The molecule has 0 atom stereocenters. The molecule has 132 valence electrons. The summed E-state index contributed by atoms with van der Waals surface area (Å²) in [6.45, 7) is 9.27. The number of amides is 1. The first kappa shape index (κ1) is 20.2. The zero-order valence-corrected chi connectivity index (χ0v) is 15.4. The van der Waals surface area contributed by atoms with Crippen LogP contribution in [-0.4, -0.2) is 29.8 Å². The van der Waals surface area contributed by atoms with Crippen molar-refractivity contribution in [1.29, 1.82) is 0 Å². The number of ether oxygens (including phenoxy) is 2. The van der Waals surface area contributed by atoms with Crippen LogP contribution in [0.4, 0.5) is 0 Å². The van der Waals surface area contributed by atoms with Crippen molar-refractivity contribution in [2.75, 3.05) is 6.61 Å². The average molecular weight is 353 g/mol. The predicted octanol–water partition coefficient (Wildman–Crippen LogP) is 4.06. The summed E-state index contributed by atoms with van der Waals surface area (Å²) in [6, 6.07) is 7.95. The molecule has 0 spiro atoms. The minimum Gasteiger partial charge on any atom is -0.486 e. The SMILES string of the molecule is CCOCc1ccc(COC(/C=N\N(C=O)C(C)(C)C)=C\Cl)cc1. The van der Waals surface area contributed by atoms with Crippen LogP contribution in [0.25, 0.3) is 0 Å². The molecule has 0 unspecified atom stereocenters. The Morgan fingerprint density at radius 3 is 2.25 bits per heavy atom. The minimum atomic E-state index is -0.411. The maximum Gasteiger partial charge on any atom is 0.230 e. The maximum absolute atomic E-state index is 11.0. The van der Waals surface area contributed by atoms with Gasteiger partial charge in [-0.15, -0.1) is 0 Å². The van der Waals surface area contributed by atoms with Crippen molar-refractivity contribution in [3.8, 4) is 0 Å². The zero-order chi connectivity index (χ0) is 18.0. The van der Waals surface area contributed by atoms with Gasteiger partial charge in [0.15, 0.2) is 5.76 Å². The summed E-state index contributed by atoms with van der Waals surface area (Å²) in [4.78, 5) is 11.0. The first-order valence-corrected chi connectivity index (χ1v) is 8.21. The van der Waals surface area contributed by atoms with E-state index < -0.39 is 5.54 Å². The highest BCUT2D eigenvalue weighted by Gasteiger charge is 2.18. The fourth-order valence-corrected chi connectivity index (χ4v) is 1.81. The normalized spacial score (nSPS) is 12.5. The van der Waals surface area contributed by atoms with Gasteiger partial charge in [0.1, 0.15) is 6.61 Å². The molecule has 1 aromatic carbocycles. The van der Waals surface area contributed by atoms with Crippen LogP contribution >= 0.6 is 11.6 Å². The Hall–Kier alpha value is -1.85. The average Bonchev–Trinajstić information content (AvgIpc) is 2.56. The number of benzene rings is 1. The molecule has 0 aliphatic rings. The van der Waals surface area contributed by atoms with E-state index in [1.54, 1.807) is 0 Å². The van der Waals surface area contributed by atoms with Gasteiger partial charge in [-0.1, -0.05) is 35.9 Å². The van der Waals surface area contributed by atoms with E-state index in [1.165, 1.54) is 16.8 Å². The fourth-order valence-electron chi connectivity index (χ4n) is 1.69. The summed E-state index contributed by atoms with van der Waals surface area (Å²) in [5, 5.41) is 5.40. The molecule has 0 radical (unpaired) electrons. The summed E-state index contributed by atoms with van der Waals surface area (Å²) in [6.07, 6.45) is 2.09. The Morgan fingerprint density at radius 2 is 1.79 bits per heavy atom. The van der Waals surface area contributed by atoms with Gasteiger partial charge >= 0.3 is 0 Å². The predicted molar refractivity (Wildman–Crippen MR) is 96.6 cm³/mol. The van der Waals surface area contributed by atoms with Crippen molar-refractivity contribution < 1.29 is 14.3 Å². The molecule has 6 heteroatoms. The highest BCUT2D eigenvalue weighted by atomic mass is 35.5. The smallest absolute Gasteiger partial charge is 0.230 e. The number of carbonyl (C=O) groups excluding carboxylic acids is 1. The summed E-state index contributed by atoms with van der Waals surface area (Å²) in [5.41, 5.74) is 3.00. The van der Waals surface area contributed by atoms with Crippen LogP contribution in [0.2, 0.25) is 0 Å². The Morgan fingerprint density at radius 1 is 1.21 bits per heavy atom. The zero-order valence-electron chi connectivity index (χ0n) is 14.7. The van der Waals surface area contributed by atoms with Gasteiger partial charge in [0.05, 0.1) is 18.4 Å². The van der Waals surface area contributed by atoms with Gasteiger partial charge in [0.25, 0.3) is 0 Å². The number of nitrogens with zero attached hydrogens (tertiary/aromatic N) is 2. The number of rotatable bonds is 9. The molecule has 0 aliphatic heterocycles. The molecule has 0 fully saturated rings. The summed E-state index contributed by atoms with van der Waals surface area (Å²) < 4.78 is 11.0. The largest absolute Gasteiger partial charge is 0.486 e.